The molecule has 4 atom stereocenters. The first kappa shape index (κ1) is 71.2. The Morgan fingerprint density at radius 1 is 0.545 bits per heavy atom. The van der Waals surface area contributed by atoms with Crippen molar-refractivity contribution in [1.82, 2.24) is 4.90 Å². The van der Waals surface area contributed by atoms with Gasteiger partial charge in [-0.3, -0.25) is 14.5 Å². The van der Waals surface area contributed by atoms with Gasteiger partial charge in [-0.25, -0.2) is 0 Å². The monoisotopic (exact) mass is 940 g/mol. The molecule has 4 unspecified atom stereocenters. The van der Waals surface area contributed by atoms with Gasteiger partial charge in [0.2, 0.25) is 0 Å². The van der Waals surface area contributed by atoms with Crippen molar-refractivity contribution in [2.24, 2.45) is 17.8 Å². The molecule has 0 aromatic carbocycles. The predicted molar refractivity (Wildman–Crippen MR) is 290 cm³/mol. The van der Waals surface area contributed by atoms with Crippen molar-refractivity contribution in [3.8, 4) is 0 Å². The molecule has 1 aliphatic heterocycles. The zero-order valence-electron chi connectivity index (χ0n) is 46.8. The van der Waals surface area contributed by atoms with Crippen LogP contribution in [0.1, 0.15) is 300 Å². The smallest absolute Gasteiger partial charge is 0.308 e. The van der Waals surface area contributed by atoms with Crippen LogP contribution in [0.15, 0.2) is 0 Å². The van der Waals surface area contributed by atoms with Crippen molar-refractivity contribution < 1.29 is 29.0 Å². The summed E-state index contributed by atoms with van der Waals surface area (Å²) in [5, 5.41) is 8.07. The average molecular weight is 941 g/mol. The first-order valence-corrected chi connectivity index (χ1v) is 29.1. The third kappa shape index (κ3) is 53.6. The van der Waals surface area contributed by atoms with Crippen molar-refractivity contribution in [3.05, 3.63) is 0 Å². The van der Waals surface area contributed by atoms with Gasteiger partial charge in [0.05, 0.1) is 18.6 Å². The first-order valence-electron chi connectivity index (χ1n) is 29.1. The van der Waals surface area contributed by atoms with E-state index in [0.717, 1.165) is 109 Å². The molecule has 0 amide bonds. The van der Waals surface area contributed by atoms with Crippen LogP contribution >= 0.6 is 0 Å². The van der Waals surface area contributed by atoms with Crippen molar-refractivity contribution >= 4 is 18.0 Å². The second-order valence-corrected chi connectivity index (χ2v) is 19.4. The van der Waals surface area contributed by atoms with Crippen LogP contribution in [0.4, 0.5) is 0 Å². The summed E-state index contributed by atoms with van der Waals surface area (Å²) in [4.78, 5) is 37.8. The summed E-state index contributed by atoms with van der Waals surface area (Å²) in [7, 11) is 1.76. The maximum atomic E-state index is 12.7. The highest BCUT2D eigenvalue weighted by atomic mass is 16.5. The van der Waals surface area contributed by atoms with Crippen LogP contribution in [0.25, 0.3) is 0 Å². The van der Waals surface area contributed by atoms with E-state index in [4.69, 9.17) is 14.6 Å². The molecule has 398 valence electrons. The standard InChI is InChI=1S/C28H53NO3.C17H34O.C8H18O.C4H10O.C2H6/c1-4-6-8-10-11-15-19-26(18-14-9-7-5-2)28(31)32-21-17-13-12-16-20-29-23-25(3)22-27(29)24-30;1-4-6-8-10-11-13-15-17(16(3)18)14-12-9-7-5-2;1-3-4-5-6-7-8-9-2;1-2-3-4-5;1-2/h24-27H,4-23H2,1-3H3;17H,4-15H2,1-3H3;3-8H2,1-2H3;5H,2-4H2,1H3;1-2H3. The third-order valence-corrected chi connectivity index (χ3v) is 12.9. The SMILES string of the molecule is CC.CCCCCCCCC(CCCCCC)C(=O)OCCCCCCN1CC(C)CC1C=O.CCCCCCCCC(CCCCCC)C(C)=O.CCCCCCCOC.CCCCO. The fraction of sp³-hybridized carbons (Fsp3) is 0.949. The van der Waals surface area contributed by atoms with Gasteiger partial charge >= 0.3 is 5.97 Å². The Balaban J connectivity index is -0.000000470. The molecule has 66 heavy (non-hydrogen) atoms. The van der Waals surface area contributed by atoms with Crippen LogP contribution in [0.3, 0.4) is 0 Å². The van der Waals surface area contributed by atoms with Crippen molar-refractivity contribution in [3.63, 3.8) is 0 Å². The Labute approximate surface area is 414 Å². The van der Waals surface area contributed by atoms with E-state index in [1.807, 2.05) is 13.8 Å². The number of methoxy groups -OCH3 is 1. The number of aliphatic hydroxyl groups excluding tert-OH is 1. The minimum atomic E-state index is 0.0509. The van der Waals surface area contributed by atoms with Crippen LogP contribution in [-0.2, 0) is 23.9 Å². The zero-order valence-corrected chi connectivity index (χ0v) is 46.8. The summed E-state index contributed by atoms with van der Waals surface area (Å²) in [6, 6.07) is 0.131. The number of hydrogen-bond acceptors (Lipinski definition) is 7. The lowest BCUT2D eigenvalue weighted by Crippen LogP contribution is -2.31. The minimum Gasteiger partial charge on any atom is -0.465 e. The normalized spacial score (nSPS) is 15.2. The highest BCUT2D eigenvalue weighted by Crippen LogP contribution is 2.23. The number of Topliss-reactive ketones (excluding diaryl/α,β-unsaturated/α-hetero) is 1. The summed E-state index contributed by atoms with van der Waals surface area (Å²) in [5.74, 6) is 1.56. The number of nitrogens with zero attached hydrogens (tertiary/aromatic N) is 1. The molecule has 0 radical (unpaired) electrons. The molecule has 0 saturated carbocycles. The van der Waals surface area contributed by atoms with Gasteiger partial charge in [0.15, 0.2) is 0 Å². The van der Waals surface area contributed by atoms with Gasteiger partial charge in [0.25, 0.3) is 0 Å². The highest BCUT2D eigenvalue weighted by molar-refractivity contribution is 5.78. The number of carbonyl (C=O) groups excluding carboxylic acids is 3. The molecule has 1 aliphatic rings. The Morgan fingerprint density at radius 3 is 1.29 bits per heavy atom. The maximum absolute atomic E-state index is 12.7. The largest absolute Gasteiger partial charge is 0.465 e. The fourth-order valence-electron chi connectivity index (χ4n) is 8.55. The second kappa shape index (κ2) is 61.7. The van der Waals surface area contributed by atoms with Gasteiger partial charge in [-0.2, -0.15) is 0 Å². The van der Waals surface area contributed by atoms with Gasteiger partial charge in [0.1, 0.15) is 12.1 Å². The number of unbranched alkanes of at least 4 members (excludes halogenated alkanes) is 24. The van der Waals surface area contributed by atoms with Crippen LogP contribution < -0.4 is 0 Å². The van der Waals surface area contributed by atoms with Crippen molar-refractivity contribution in [2.45, 2.75) is 306 Å². The number of rotatable bonds is 42. The minimum absolute atomic E-state index is 0.0509. The molecule has 1 fully saturated rings. The van der Waals surface area contributed by atoms with Crippen LogP contribution in [0, 0.1) is 17.8 Å². The predicted octanol–water partition coefficient (Wildman–Crippen LogP) is 17.7. The molecule has 0 aliphatic carbocycles. The number of likely N-dealkylation sites (tertiary alicyclic amines) is 1. The van der Waals surface area contributed by atoms with Gasteiger partial charge in [-0.1, -0.05) is 236 Å². The Kier molecular flexibility index (Phi) is 66.6. The van der Waals surface area contributed by atoms with E-state index < -0.39 is 0 Å². The summed E-state index contributed by atoms with van der Waals surface area (Å²) in [5.41, 5.74) is 0. The van der Waals surface area contributed by atoms with Gasteiger partial charge in [-0.15, -0.1) is 0 Å². The Hall–Kier alpha value is -1.31. The number of aliphatic hydroxyl groups is 1. The lowest BCUT2D eigenvalue weighted by molar-refractivity contribution is -0.149. The zero-order chi connectivity index (χ0) is 50.2. The Morgan fingerprint density at radius 2 is 0.909 bits per heavy atom. The van der Waals surface area contributed by atoms with Gasteiger partial charge < -0.3 is 19.4 Å². The van der Waals surface area contributed by atoms with E-state index in [-0.39, 0.29) is 17.9 Å². The molecular formula is C59H121NO6. The quantitative estimate of drug-likeness (QED) is 0.0370. The number of carbonyl (C=O) groups is 3. The fourth-order valence-corrected chi connectivity index (χ4v) is 8.55. The number of aldehydes is 1. The van der Waals surface area contributed by atoms with Crippen LogP contribution in [0.2, 0.25) is 0 Å². The molecular weight excluding hydrogens is 819 g/mol. The lowest BCUT2D eigenvalue weighted by atomic mass is 9.91. The molecule has 7 heteroatoms. The molecule has 1 rings (SSSR count). The average Bonchev–Trinajstić information content (AvgIpc) is 3.69. The topological polar surface area (TPSA) is 93.1 Å². The van der Waals surface area contributed by atoms with Crippen molar-refractivity contribution in [1.29, 1.82) is 0 Å². The highest BCUT2D eigenvalue weighted by Gasteiger charge is 2.28. The molecule has 1 N–H and O–H groups in total. The molecule has 0 aromatic heterocycles. The number of hydrogen-bond donors (Lipinski definition) is 1. The van der Waals surface area contributed by atoms with Gasteiger partial charge in [0, 0.05) is 32.8 Å². The summed E-state index contributed by atoms with van der Waals surface area (Å²) < 4.78 is 10.6. The maximum Gasteiger partial charge on any atom is 0.308 e. The summed E-state index contributed by atoms with van der Waals surface area (Å²) in [6.45, 7) is 25.2. The second-order valence-electron chi connectivity index (χ2n) is 19.4. The van der Waals surface area contributed by atoms with Crippen LogP contribution in [-0.4, -0.2) is 74.1 Å². The first-order chi connectivity index (χ1) is 32.2. The molecule has 1 saturated heterocycles. The lowest BCUT2D eigenvalue weighted by Gasteiger charge is -2.19. The van der Waals surface area contributed by atoms with E-state index in [1.165, 1.54) is 148 Å². The number of ether oxygens (including phenoxy) is 2. The van der Waals surface area contributed by atoms with Crippen molar-refractivity contribution in [2.75, 3.05) is 40.0 Å². The van der Waals surface area contributed by atoms with E-state index in [2.05, 4.69) is 53.4 Å². The number of ketones is 1. The Bertz CT molecular complexity index is 922. The van der Waals surface area contributed by atoms with E-state index >= 15 is 0 Å². The van der Waals surface area contributed by atoms with E-state index in [1.54, 1.807) is 14.0 Å². The summed E-state index contributed by atoms with van der Waals surface area (Å²) in [6.07, 6.45) is 45.1. The van der Waals surface area contributed by atoms with E-state index in [9.17, 15) is 14.4 Å². The molecule has 0 aromatic rings. The van der Waals surface area contributed by atoms with Gasteiger partial charge in [-0.05, 0) is 77.2 Å². The number of esters is 1. The third-order valence-electron chi connectivity index (χ3n) is 12.9. The molecule has 0 spiro atoms. The molecule has 1 heterocycles. The van der Waals surface area contributed by atoms with E-state index in [0.29, 0.717) is 30.8 Å². The molecule has 0 bridgehead atoms. The molecule has 7 nitrogen and oxygen atoms in total. The van der Waals surface area contributed by atoms with Crippen LogP contribution in [0.5, 0.6) is 0 Å². The summed E-state index contributed by atoms with van der Waals surface area (Å²) >= 11 is 0.